The third kappa shape index (κ3) is 1.82. The van der Waals surface area contributed by atoms with Gasteiger partial charge >= 0.3 is 0 Å². The Hall–Kier alpha value is -2.36. The molecule has 3 aromatic rings. The quantitative estimate of drug-likeness (QED) is 0.745. The van der Waals surface area contributed by atoms with Gasteiger partial charge in [0.1, 0.15) is 0 Å². The van der Waals surface area contributed by atoms with Crippen LogP contribution < -0.4 is 5.73 Å². The Bertz CT molecular complexity index is 686. The molecule has 0 bridgehead atoms. The summed E-state index contributed by atoms with van der Waals surface area (Å²) < 4.78 is 1.98. The van der Waals surface area contributed by atoms with Crippen molar-refractivity contribution >= 4 is 17.0 Å². The number of pyridine rings is 1. The minimum Gasteiger partial charge on any atom is -0.369 e. The van der Waals surface area contributed by atoms with Crippen LogP contribution in [0.1, 0.15) is 11.3 Å². The largest absolute Gasteiger partial charge is 0.369 e. The molecule has 18 heavy (non-hydrogen) atoms. The molecule has 0 unspecified atom stereocenters. The second-order valence-electron chi connectivity index (χ2n) is 4.37. The molecule has 0 atom stereocenters. The molecular weight excluding hydrogens is 224 g/mol. The van der Waals surface area contributed by atoms with Gasteiger partial charge in [-0.15, -0.1) is 0 Å². The van der Waals surface area contributed by atoms with Gasteiger partial charge in [0.05, 0.1) is 23.3 Å². The Morgan fingerprint density at radius 1 is 1.22 bits per heavy atom. The number of hydrogen-bond donors (Lipinski definition) is 1. The van der Waals surface area contributed by atoms with Crippen molar-refractivity contribution in [2.24, 2.45) is 0 Å². The van der Waals surface area contributed by atoms with Gasteiger partial charge in [0.25, 0.3) is 0 Å². The lowest BCUT2D eigenvalue weighted by molar-refractivity contribution is 0.809. The van der Waals surface area contributed by atoms with Crippen LogP contribution in [0.2, 0.25) is 0 Å². The lowest BCUT2D eigenvalue weighted by atomic mass is 10.2. The van der Waals surface area contributed by atoms with Crippen molar-refractivity contribution in [1.29, 1.82) is 0 Å². The predicted molar refractivity (Wildman–Crippen MR) is 72.2 cm³/mol. The molecule has 0 saturated carbocycles. The van der Waals surface area contributed by atoms with Gasteiger partial charge < -0.3 is 10.3 Å². The summed E-state index contributed by atoms with van der Waals surface area (Å²) in [5, 5.41) is 0. The molecule has 4 nitrogen and oxygen atoms in total. The zero-order valence-electron chi connectivity index (χ0n) is 10.2. The molecule has 0 fully saturated rings. The zero-order valence-corrected chi connectivity index (χ0v) is 10.2. The normalized spacial score (nSPS) is 10.9. The molecule has 1 aromatic carbocycles. The summed E-state index contributed by atoms with van der Waals surface area (Å²) in [6, 6.07) is 12.0. The van der Waals surface area contributed by atoms with E-state index in [0.29, 0.717) is 12.5 Å². The van der Waals surface area contributed by atoms with E-state index >= 15 is 0 Å². The van der Waals surface area contributed by atoms with E-state index in [4.69, 9.17) is 5.73 Å². The van der Waals surface area contributed by atoms with E-state index in [1.54, 1.807) is 6.20 Å². The van der Waals surface area contributed by atoms with Crippen LogP contribution in [-0.4, -0.2) is 14.5 Å². The second kappa shape index (κ2) is 4.14. The monoisotopic (exact) mass is 238 g/mol. The predicted octanol–water partition coefficient (Wildman–Crippen LogP) is 2.37. The summed E-state index contributed by atoms with van der Waals surface area (Å²) in [4.78, 5) is 8.70. The summed E-state index contributed by atoms with van der Waals surface area (Å²) in [5.74, 6) is 0.529. The van der Waals surface area contributed by atoms with Crippen LogP contribution in [0.3, 0.4) is 0 Å². The third-order valence-corrected chi connectivity index (χ3v) is 2.98. The van der Waals surface area contributed by atoms with E-state index < -0.39 is 0 Å². The molecule has 0 amide bonds. The van der Waals surface area contributed by atoms with Gasteiger partial charge in [-0.1, -0.05) is 12.1 Å². The maximum Gasteiger partial charge on any atom is 0.201 e. The standard InChI is InChI=1S/C14H14N4/c1-10-5-6-13-12(8-10)17-14(15)18(13)9-11-4-2-3-7-16-11/h2-8H,9H2,1H3,(H2,15,17). The Morgan fingerprint density at radius 2 is 2.11 bits per heavy atom. The number of aryl methyl sites for hydroxylation is 1. The van der Waals surface area contributed by atoms with E-state index in [1.807, 2.05) is 35.8 Å². The lowest BCUT2D eigenvalue weighted by Crippen LogP contribution is -2.05. The molecule has 0 aliphatic heterocycles. The molecule has 4 heteroatoms. The van der Waals surface area contributed by atoms with Crippen molar-refractivity contribution in [1.82, 2.24) is 14.5 Å². The average molecular weight is 238 g/mol. The first kappa shape index (κ1) is 10.8. The lowest BCUT2D eigenvalue weighted by Gasteiger charge is -2.05. The van der Waals surface area contributed by atoms with Crippen LogP contribution in [0.25, 0.3) is 11.0 Å². The number of imidazole rings is 1. The highest BCUT2D eigenvalue weighted by Crippen LogP contribution is 2.20. The van der Waals surface area contributed by atoms with Crippen LogP contribution in [0.4, 0.5) is 5.95 Å². The summed E-state index contributed by atoms with van der Waals surface area (Å²) >= 11 is 0. The molecule has 3 rings (SSSR count). The van der Waals surface area contributed by atoms with Gasteiger partial charge in [0.2, 0.25) is 5.95 Å². The second-order valence-corrected chi connectivity index (χ2v) is 4.37. The summed E-state index contributed by atoms with van der Waals surface area (Å²) in [6.45, 7) is 2.69. The highest BCUT2D eigenvalue weighted by molar-refractivity contribution is 5.79. The third-order valence-electron chi connectivity index (χ3n) is 2.98. The van der Waals surface area contributed by atoms with E-state index in [2.05, 4.69) is 22.1 Å². The number of rotatable bonds is 2. The number of nitrogens with two attached hydrogens (primary N) is 1. The summed E-state index contributed by atoms with van der Waals surface area (Å²) in [7, 11) is 0. The van der Waals surface area contributed by atoms with Gasteiger partial charge in [-0.3, -0.25) is 4.98 Å². The number of benzene rings is 1. The first-order valence-corrected chi connectivity index (χ1v) is 5.86. The zero-order chi connectivity index (χ0) is 12.5. The molecule has 2 aromatic heterocycles. The average Bonchev–Trinajstić information content (AvgIpc) is 2.66. The Morgan fingerprint density at radius 3 is 2.89 bits per heavy atom. The van der Waals surface area contributed by atoms with Crippen LogP contribution in [0, 0.1) is 6.92 Å². The maximum atomic E-state index is 5.98. The van der Waals surface area contributed by atoms with Crippen molar-refractivity contribution in [2.75, 3.05) is 5.73 Å². The molecule has 0 aliphatic rings. The van der Waals surface area contributed by atoms with Crippen LogP contribution >= 0.6 is 0 Å². The number of aromatic nitrogens is 3. The molecule has 0 radical (unpaired) electrons. The highest BCUT2D eigenvalue weighted by Gasteiger charge is 2.08. The van der Waals surface area contributed by atoms with Crippen molar-refractivity contribution in [3.63, 3.8) is 0 Å². The molecular formula is C14H14N4. The SMILES string of the molecule is Cc1ccc2c(c1)nc(N)n2Cc1ccccn1. The number of hydrogen-bond acceptors (Lipinski definition) is 3. The van der Waals surface area contributed by atoms with Crippen LogP contribution in [0.5, 0.6) is 0 Å². The van der Waals surface area contributed by atoms with E-state index in [9.17, 15) is 0 Å². The summed E-state index contributed by atoms with van der Waals surface area (Å²) in [5.41, 5.74) is 10.1. The van der Waals surface area contributed by atoms with Gasteiger partial charge in [0.15, 0.2) is 0 Å². The molecule has 90 valence electrons. The number of anilines is 1. The van der Waals surface area contributed by atoms with Crippen molar-refractivity contribution in [3.05, 3.63) is 53.9 Å². The fraction of sp³-hybridized carbons (Fsp3) is 0.143. The van der Waals surface area contributed by atoms with Gasteiger partial charge in [-0.05, 0) is 36.8 Å². The Labute approximate surface area is 105 Å². The number of fused-ring (bicyclic) bond motifs is 1. The van der Waals surface area contributed by atoms with Crippen LogP contribution in [-0.2, 0) is 6.54 Å². The van der Waals surface area contributed by atoms with Gasteiger partial charge in [0, 0.05) is 6.20 Å². The van der Waals surface area contributed by atoms with Crippen molar-refractivity contribution in [3.8, 4) is 0 Å². The summed E-state index contributed by atoms with van der Waals surface area (Å²) in [6.07, 6.45) is 1.79. The topological polar surface area (TPSA) is 56.7 Å². The first-order valence-electron chi connectivity index (χ1n) is 5.86. The molecule has 0 saturated heterocycles. The maximum absolute atomic E-state index is 5.98. The molecule has 2 heterocycles. The van der Waals surface area contributed by atoms with Gasteiger partial charge in [-0.25, -0.2) is 4.98 Å². The molecule has 2 N–H and O–H groups in total. The highest BCUT2D eigenvalue weighted by atomic mass is 15.2. The molecule has 0 aliphatic carbocycles. The fourth-order valence-electron chi connectivity index (χ4n) is 2.08. The molecule has 0 spiro atoms. The van der Waals surface area contributed by atoms with E-state index in [1.165, 1.54) is 5.56 Å². The van der Waals surface area contributed by atoms with E-state index in [0.717, 1.165) is 16.7 Å². The smallest absolute Gasteiger partial charge is 0.201 e. The van der Waals surface area contributed by atoms with Crippen LogP contribution in [0.15, 0.2) is 42.6 Å². The fourth-order valence-corrected chi connectivity index (χ4v) is 2.08. The van der Waals surface area contributed by atoms with Gasteiger partial charge in [-0.2, -0.15) is 0 Å². The van der Waals surface area contributed by atoms with Crippen molar-refractivity contribution < 1.29 is 0 Å². The Balaban J connectivity index is 2.09. The minimum absolute atomic E-state index is 0.529. The number of nitrogen functional groups attached to an aromatic ring is 1. The minimum atomic E-state index is 0.529. The first-order chi connectivity index (χ1) is 8.74. The number of nitrogens with zero attached hydrogens (tertiary/aromatic N) is 3. The Kier molecular flexibility index (Phi) is 2.48. The van der Waals surface area contributed by atoms with E-state index in [-0.39, 0.29) is 0 Å². The van der Waals surface area contributed by atoms with Crippen molar-refractivity contribution in [2.45, 2.75) is 13.5 Å².